The molecule has 0 atom stereocenters. The van der Waals surface area contributed by atoms with E-state index >= 15 is 0 Å². The first-order valence-corrected chi connectivity index (χ1v) is 4.61. The van der Waals surface area contributed by atoms with E-state index in [1.165, 1.54) is 20.0 Å². The van der Waals surface area contributed by atoms with Crippen LogP contribution in [-0.4, -0.2) is 22.6 Å². The first-order valence-electron chi connectivity index (χ1n) is 4.61. The minimum absolute atomic E-state index is 0.248. The highest BCUT2D eigenvalue weighted by atomic mass is 16.5. The fraction of sp³-hybridized carbons (Fsp3) is 0.556. The number of imidazole rings is 1. The van der Waals surface area contributed by atoms with Gasteiger partial charge >= 0.3 is 5.97 Å². The molecule has 0 radical (unpaired) electrons. The normalized spacial score (nSPS) is 15.5. The topological polar surface area (TPSA) is 70.1 Å². The fourth-order valence-corrected chi connectivity index (χ4v) is 1.43. The lowest BCUT2D eigenvalue weighted by Crippen LogP contribution is -2.13. The van der Waals surface area contributed by atoms with E-state index in [9.17, 15) is 4.79 Å². The van der Waals surface area contributed by atoms with Gasteiger partial charge in [-0.3, -0.25) is 0 Å². The number of rotatable bonds is 3. The van der Waals surface area contributed by atoms with Gasteiger partial charge < -0.3 is 15.0 Å². The van der Waals surface area contributed by atoms with Crippen molar-refractivity contribution in [2.45, 2.75) is 19.4 Å². The van der Waals surface area contributed by atoms with Gasteiger partial charge in [0.25, 0.3) is 0 Å². The van der Waals surface area contributed by atoms with Crippen molar-refractivity contribution < 1.29 is 9.53 Å². The van der Waals surface area contributed by atoms with Gasteiger partial charge in [0.2, 0.25) is 0 Å². The molecule has 0 bridgehead atoms. The molecule has 76 valence electrons. The minimum Gasteiger partial charge on any atom is -0.464 e. The molecule has 1 saturated carbocycles. The van der Waals surface area contributed by atoms with Gasteiger partial charge in [-0.25, -0.2) is 9.78 Å². The molecule has 1 aliphatic rings. The zero-order chi connectivity index (χ0) is 10.1. The summed E-state index contributed by atoms with van der Waals surface area (Å²) in [5.74, 6) is 0.505. The van der Waals surface area contributed by atoms with E-state index < -0.39 is 5.97 Å². The fourth-order valence-electron chi connectivity index (χ4n) is 1.43. The van der Waals surface area contributed by atoms with Gasteiger partial charge in [-0.1, -0.05) is 0 Å². The molecule has 1 heterocycles. The van der Waals surface area contributed by atoms with Crippen molar-refractivity contribution in [3.05, 3.63) is 12.0 Å². The van der Waals surface area contributed by atoms with Crippen LogP contribution in [0.15, 0.2) is 6.33 Å². The number of anilines is 1. The van der Waals surface area contributed by atoms with Gasteiger partial charge in [-0.2, -0.15) is 0 Å². The summed E-state index contributed by atoms with van der Waals surface area (Å²) in [6, 6.07) is 0. The Balaban J connectivity index is 2.24. The average molecular weight is 195 g/mol. The lowest BCUT2D eigenvalue weighted by Gasteiger charge is -2.05. The third kappa shape index (κ3) is 1.57. The van der Waals surface area contributed by atoms with Gasteiger partial charge in [0.05, 0.1) is 13.4 Å². The molecule has 2 rings (SSSR count). The molecule has 1 aromatic heterocycles. The number of nitrogen functional groups attached to an aromatic ring is 1. The Hall–Kier alpha value is -1.52. The molecule has 5 nitrogen and oxygen atoms in total. The molecule has 14 heavy (non-hydrogen) atoms. The second kappa shape index (κ2) is 3.32. The van der Waals surface area contributed by atoms with E-state index in [1.54, 1.807) is 10.9 Å². The Labute approximate surface area is 81.9 Å². The Kier molecular flexibility index (Phi) is 2.15. The van der Waals surface area contributed by atoms with E-state index in [0.29, 0.717) is 11.6 Å². The van der Waals surface area contributed by atoms with Crippen molar-refractivity contribution in [3.8, 4) is 0 Å². The summed E-state index contributed by atoms with van der Waals surface area (Å²) in [5, 5.41) is 0. The summed E-state index contributed by atoms with van der Waals surface area (Å²) in [6.45, 7) is 0.814. The lowest BCUT2D eigenvalue weighted by molar-refractivity contribution is 0.0589. The van der Waals surface area contributed by atoms with Crippen molar-refractivity contribution in [1.82, 2.24) is 9.55 Å². The Morgan fingerprint density at radius 3 is 3.07 bits per heavy atom. The van der Waals surface area contributed by atoms with Gasteiger partial charge in [-0.15, -0.1) is 0 Å². The van der Waals surface area contributed by atoms with Gasteiger partial charge in [-0.05, 0) is 18.8 Å². The molecule has 1 aliphatic carbocycles. The first-order chi connectivity index (χ1) is 6.72. The molecule has 0 amide bonds. The first kappa shape index (κ1) is 9.05. The van der Waals surface area contributed by atoms with E-state index in [2.05, 4.69) is 9.72 Å². The van der Waals surface area contributed by atoms with Crippen molar-refractivity contribution >= 4 is 11.8 Å². The van der Waals surface area contributed by atoms with E-state index in [4.69, 9.17) is 5.73 Å². The molecule has 5 heteroatoms. The van der Waals surface area contributed by atoms with Crippen molar-refractivity contribution in [1.29, 1.82) is 0 Å². The van der Waals surface area contributed by atoms with Crippen LogP contribution in [0.2, 0.25) is 0 Å². The highest BCUT2D eigenvalue weighted by molar-refractivity contribution is 5.92. The monoisotopic (exact) mass is 195 g/mol. The van der Waals surface area contributed by atoms with Crippen LogP contribution in [0.3, 0.4) is 0 Å². The average Bonchev–Trinajstić information content (AvgIpc) is 2.90. The number of methoxy groups -OCH3 is 1. The molecule has 0 unspecified atom stereocenters. The van der Waals surface area contributed by atoms with Crippen LogP contribution in [0, 0.1) is 5.92 Å². The van der Waals surface area contributed by atoms with Gasteiger partial charge in [0, 0.05) is 6.54 Å². The molecule has 0 saturated heterocycles. The predicted molar refractivity (Wildman–Crippen MR) is 50.7 cm³/mol. The number of ether oxygens (including phenoxy) is 1. The molecular weight excluding hydrogens is 182 g/mol. The maximum atomic E-state index is 11.4. The zero-order valence-electron chi connectivity index (χ0n) is 8.06. The number of nitrogens with zero attached hydrogens (tertiary/aromatic N) is 2. The number of carbonyl (C=O) groups excluding carboxylic acids is 1. The molecule has 1 aromatic rings. The van der Waals surface area contributed by atoms with E-state index in [0.717, 1.165) is 6.54 Å². The minimum atomic E-state index is -0.416. The molecule has 0 spiro atoms. The second-order valence-corrected chi connectivity index (χ2v) is 3.57. The maximum Gasteiger partial charge on any atom is 0.358 e. The highest BCUT2D eigenvalue weighted by Crippen LogP contribution is 2.31. The highest BCUT2D eigenvalue weighted by Gasteiger charge is 2.25. The second-order valence-electron chi connectivity index (χ2n) is 3.57. The van der Waals surface area contributed by atoms with Crippen LogP contribution in [0.5, 0.6) is 0 Å². The zero-order valence-corrected chi connectivity index (χ0v) is 8.06. The van der Waals surface area contributed by atoms with Crippen LogP contribution in [0.4, 0.5) is 5.82 Å². The third-order valence-corrected chi connectivity index (χ3v) is 2.40. The number of aromatic nitrogens is 2. The summed E-state index contributed by atoms with van der Waals surface area (Å²) in [7, 11) is 1.34. The van der Waals surface area contributed by atoms with Crippen molar-refractivity contribution in [2.24, 2.45) is 5.92 Å². The number of esters is 1. The van der Waals surface area contributed by atoms with E-state index in [1.807, 2.05) is 0 Å². The molecule has 2 N–H and O–H groups in total. The molecule has 0 aliphatic heterocycles. The van der Waals surface area contributed by atoms with Gasteiger partial charge in [0.1, 0.15) is 0 Å². The van der Waals surface area contributed by atoms with Crippen LogP contribution in [0.25, 0.3) is 0 Å². The lowest BCUT2D eigenvalue weighted by atomic mass is 10.3. The maximum absolute atomic E-state index is 11.4. The van der Waals surface area contributed by atoms with Crippen LogP contribution >= 0.6 is 0 Å². The molecule has 0 aromatic carbocycles. The Morgan fingerprint density at radius 1 is 1.79 bits per heavy atom. The van der Waals surface area contributed by atoms with Crippen LogP contribution < -0.4 is 5.73 Å². The van der Waals surface area contributed by atoms with Crippen LogP contribution in [0.1, 0.15) is 23.3 Å². The Bertz CT molecular complexity index is 355. The summed E-state index contributed by atoms with van der Waals surface area (Å²) < 4.78 is 6.41. The SMILES string of the molecule is COC(=O)c1c(N)ncn1CC1CC1. The van der Waals surface area contributed by atoms with Crippen molar-refractivity contribution in [2.75, 3.05) is 12.8 Å². The van der Waals surface area contributed by atoms with Crippen LogP contribution in [-0.2, 0) is 11.3 Å². The molecule has 1 fully saturated rings. The number of hydrogen-bond donors (Lipinski definition) is 1. The number of nitrogens with two attached hydrogens (primary N) is 1. The summed E-state index contributed by atoms with van der Waals surface area (Å²) in [5.41, 5.74) is 5.96. The molecular formula is C9H13N3O2. The Morgan fingerprint density at radius 2 is 2.50 bits per heavy atom. The number of carbonyl (C=O) groups is 1. The van der Waals surface area contributed by atoms with Crippen molar-refractivity contribution in [3.63, 3.8) is 0 Å². The quantitative estimate of drug-likeness (QED) is 0.719. The summed E-state index contributed by atoms with van der Waals surface area (Å²) in [4.78, 5) is 15.3. The predicted octanol–water partition coefficient (Wildman–Crippen LogP) is 0.662. The summed E-state index contributed by atoms with van der Waals surface area (Å²) >= 11 is 0. The standard InChI is InChI=1S/C9H13N3O2/c1-14-9(13)7-8(10)11-5-12(7)4-6-2-3-6/h5-6H,2-4,10H2,1H3. The smallest absolute Gasteiger partial charge is 0.358 e. The third-order valence-electron chi connectivity index (χ3n) is 2.40. The van der Waals surface area contributed by atoms with Gasteiger partial charge in [0.15, 0.2) is 11.5 Å². The summed E-state index contributed by atoms with van der Waals surface area (Å²) in [6.07, 6.45) is 4.04. The van der Waals surface area contributed by atoms with E-state index in [-0.39, 0.29) is 5.82 Å². The number of hydrogen-bond acceptors (Lipinski definition) is 4. The largest absolute Gasteiger partial charge is 0.464 e.